The van der Waals surface area contributed by atoms with Crippen LogP contribution in [0.15, 0.2) is 37.1 Å². The first-order valence-corrected chi connectivity index (χ1v) is 7.93. The van der Waals surface area contributed by atoms with Crippen molar-refractivity contribution in [3.05, 3.63) is 48.3 Å². The normalized spacial score (nSPS) is 13.7. The summed E-state index contributed by atoms with van der Waals surface area (Å²) in [6.07, 6.45) is 7.91. The molecule has 0 unspecified atom stereocenters. The molecule has 0 bridgehead atoms. The molecule has 1 saturated carbocycles. The third-order valence-corrected chi connectivity index (χ3v) is 4.04. The number of nitriles is 1. The minimum absolute atomic E-state index is 0.547. The lowest BCUT2D eigenvalue weighted by Gasteiger charge is -2.08. The zero-order valence-corrected chi connectivity index (χ0v) is 13.3. The second kappa shape index (κ2) is 5.81. The average molecular weight is 319 g/mol. The van der Waals surface area contributed by atoms with Gasteiger partial charge in [0.2, 0.25) is 5.95 Å². The molecule has 7 heteroatoms. The monoisotopic (exact) mass is 319 g/mol. The zero-order valence-electron chi connectivity index (χ0n) is 13.3. The van der Waals surface area contributed by atoms with E-state index in [0.29, 0.717) is 11.5 Å². The maximum absolute atomic E-state index is 9.44. The summed E-state index contributed by atoms with van der Waals surface area (Å²) in [4.78, 5) is 8.48. The Kier molecular flexibility index (Phi) is 3.50. The summed E-state index contributed by atoms with van der Waals surface area (Å²) < 4.78 is 3.72. The summed E-state index contributed by atoms with van der Waals surface area (Å²) in [6, 6.07) is 7.83. The Morgan fingerprint density at radius 3 is 2.88 bits per heavy atom. The molecule has 0 atom stereocenters. The van der Waals surface area contributed by atoms with Crippen LogP contribution in [0.5, 0.6) is 0 Å². The number of nitrogens with zero attached hydrogens (tertiary/aromatic N) is 6. The molecule has 2 aromatic heterocycles. The standard InChI is InChI=1S/C17H17N7/c1-12-8-23(10-19-12)16-5-4-15(6-14(16)7-18)21-17-20-11-24(22-17)9-13-2-3-13/h4-6,8,10-11,13H,2-3,9H2,1H3,(H,21,22). The predicted molar refractivity (Wildman–Crippen MR) is 89.0 cm³/mol. The summed E-state index contributed by atoms with van der Waals surface area (Å²) in [5, 5.41) is 17.0. The molecule has 4 rings (SSSR count). The van der Waals surface area contributed by atoms with Crippen molar-refractivity contribution in [2.45, 2.75) is 26.3 Å². The molecule has 0 radical (unpaired) electrons. The summed E-state index contributed by atoms with van der Waals surface area (Å²) >= 11 is 0. The summed E-state index contributed by atoms with van der Waals surface area (Å²) in [7, 11) is 0. The van der Waals surface area contributed by atoms with Crippen LogP contribution >= 0.6 is 0 Å². The molecule has 1 aliphatic carbocycles. The van der Waals surface area contributed by atoms with Gasteiger partial charge in [-0.2, -0.15) is 5.26 Å². The van der Waals surface area contributed by atoms with Crippen molar-refractivity contribution < 1.29 is 0 Å². The second-order valence-corrected chi connectivity index (χ2v) is 6.12. The summed E-state index contributed by atoms with van der Waals surface area (Å²) in [6.45, 7) is 2.85. The Labute approximate surface area is 139 Å². The van der Waals surface area contributed by atoms with Crippen LogP contribution in [0.1, 0.15) is 24.1 Å². The predicted octanol–water partition coefficient (Wildman–Crippen LogP) is 2.80. The van der Waals surface area contributed by atoms with Gasteiger partial charge in [-0.3, -0.25) is 4.68 Å². The molecule has 1 aromatic carbocycles. The van der Waals surface area contributed by atoms with Crippen LogP contribution in [-0.2, 0) is 6.54 Å². The Balaban J connectivity index is 1.55. The largest absolute Gasteiger partial charge is 0.323 e. The average Bonchev–Trinajstić information content (AvgIpc) is 3.12. The molecule has 0 saturated heterocycles. The van der Waals surface area contributed by atoms with E-state index in [1.165, 1.54) is 12.8 Å². The first kappa shape index (κ1) is 14.5. The highest BCUT2D eigenvalue weighted by Crippen LogP contribution is 2.30. The van der Waals surface area contributed by atoms with Crippen LogP contribution in [0, 0.1) is 24.2 Å². The number of rotatable bonds is 5. The molecule has 0 amide bonds. The van der Waals surface area contributed by atoms with Crippen molar-refractivity contribution in [3.63, 3.8) is 0 Å². The lowest BCUT2D eigenvalue weighted by atomic mass is 10.1. The number of anilines is 2. The van der Waals surface area contributed by atoms with Crippen LogP contribution in [0.3, 0.4) is 0 Å². The van der Waals surface area contributed by atoms with E-state index in [-0.39, 0.29) is 0 Å². The highest BCUT2D eigenvalue weighted by Gasteiger charge is 2.22. The summed E-state index contributed by atoms with van der Waals surface area (Å²) in [5.41, 5.74) is 3.06. The Hall–Kier alpha value is -3.14. The van der Waals surface area contributed by atoms with Crippen LogP contribution in [0.25, 0.3) is 5.69 Å². The van der Waals surface area contributed by atoms with Crippen molar-refractivity contribution >= 4 is 11.6 Å². The van der Waals surface area contributed by atoms with Gasteiger partial charge in [-0.25, -0.2) is 9.97 Å². The topological polar surface area (TPSA) is 84.4 Å². The van der Waals surface area contributed by atoms with Crippen molar-refractivity contribution in [2.75, 3.05) is 5.32 Å². The van der Waals surface area contributed by atoms with E-state index in [1.54, 1.807) is 18.7 Å². The van der Waals surface area contributed by atoms with Crippen molar-refractivity contribution in [3.8, 4) is 11.8 Å². The first-order chi connectivity index (χ1) is 11.7. The Morgan fingerprint density at radius 2 is 2.17 bits per heavy atom. The number of hydrogen-bond acceptors (Lipinski definition) is 5. The van der Waals surface area contributed by atoms with Gasteiger partial charge in [-0.15, -0.1) is 5.10 Å². The van der Waals surface area contributed by atoms with E-state index in [9.17, 15) is 5.26 Å². The van der Waals surface area contributed by atoms with Gasteiger partial charge in [0.1, 0.15) is 12.4 Å². The van der Waals surface area contributed by atoms with Gasteiger partial charge in [0, 0.05) is 18.4 Å². The fraction of sp³-hybridized carbons (Fsp3) is 0.294. The molecule has 0 spiro atoms. The molecule has 1 N–H and O–H groups in total. The molecule has 3 aromatic rings. The fourth-order valence-corrected chi connectivity index (χ4v) is 2.62. The molecule has 2 heterocycles. The van der Waals surface area contributed by atoms with E-state index in [0.717, 1.165) is 29.5 Å². The van der Waals surface area contributed by atoms with Crippen molar-refractivity contribution in [1.29, 1.82) is 5.26 Å². The first-order valence-electron chi connectivity index (χ1n) is 7.93. The quantitative estimate of drug-likeness (QED) is 0.781. The van der Waals surface area contributed by atoms with E-state index in [1.807, 2.05) is 34.5 Å². The fourth-order valence-electron chi connectivity index (χ4n) is 2.62. The number of benzene rings is 1. The highest BCUT2D eigenvalue weighted by atomic mass is 15.4. The maximum Gasteiger partial charge on any atom is 0.246 e. The molecule has 24 heavy (non-hydrogen) atoms. The van der Waals surface area contributed by atoms with Gasteiger partial charge in [0.05, 0.1) is 23.3 Å². The molecule has 1 aliphatic rings. The minimum Gasteiger partial charge on any atom is -0.323 e. The smallest absolute Gasteiger partial charge is 0.246 e. The number of aryl methyl sites for hydroxylation is 1. The van der Waals surface area contributed by atoms with E-state index < -0.39 is 0 Å². The van der Waals surface area contributed by atoms with Gasteiger partial charge in [0.15, 0.2) is 0 Å². The number of imidazole rings is 1. The van der Waals surface area contributed by atoms with Gasteiger partial charge in [-0.05, 0) is 43.9 Å². The Bertz CT molecular complexity index is 911. The molecule has 120 valence electrons. The SMILES string of the molecule is Cc1cn(-c2ccc(Nc3ncn(CC4CC4)n3)cc2C#N)cn1. The van der Waals surface area contributed by atoms with Crippen molar-refractivity contribution in [2.24, 2.45) is 5.92 Å². The van der Waals surface area contributed by atoms with E-state index in [2.05, 4.69) is 26.5 Å². The molecule has 0 aliphatic heterocycles. The molecular weight excluding hydrogens is 302 g/mol. The second-order valence-electron chi connectivity index (χ2n) is 6.12. The maximum atomic E-state index is 9.44. The molecule has 1 fully saturated rings. The van der Waals surface area contributed by atoms with Gasteiger partial charge < -0.3 is 9.88 Å². The third-order valence-electron chi connectivity index (χ3n) is 4.04. The molecular formula is C17H17N7. The van der Waals surface area contributed by atoms with Crippen LogP contribution in [0.2, 0.25) is 0 Å². The van der Waals surface area contributed by atoms with E-state index in [4.69, 9.17) is 0 Å². The summed E-state index contributed by atoms with van der Waals surface area (Å²) in [5.74, 6) is 1.30. The van der Waals surface area contributed by atoms with Gasteiger partial charge in [-0.1, -0.05) is 0 Å². The number of aromatic nitrogens is 5. The minimum atomic E-state index is 0.547. The highest BCUT2D eigenvalue weighted by molar-refractivity contribution is 5.62. The Morgan fingerprint density at radius 1 is 1.29 bits per heavy atom. The van der Waals surface area contributed by atoms with E-state index >= 15 is 0 Å². The third kappa shape index (κ3) is 2.99. The lowest BCUT2D eigenvalue weighted by Crippen LogP contribution is -2.01. The van der Waals surface area contributed by atoms with Gasteiger partial charge >= 0.3 is 0 Å². The van der Waals surface area contributed by atoms with Crippen molar-refractivity contribution in [1.82, 2.24) is 24.3 Å². The van der Waals surface area contributed by atoms with Gasteiger partial charge in [0.25, 0.3) is 0 Å². The number of hydrogen-bond donors (Lipinski definition) is 1. The molecule has 7 nitrogen and oxygen atoms in total. The van der Waals surface area contributed by atoms with Crippen LogP contribution in [-0.4, -0.2) is 24.3 Å². The number of nitrogens with one attached hydrogen (secondary N) is 1. The lowest BCUT2D eigenvalue weighted by molar-refractivity contribution is 0.563. The van der Waals surface area contributed by atoms with Crippen LogP contribution in [0.4, 0.5) is 11.6 Å². The van der Waals surface area contributed by atoms with Crippen LogP contribution < -0.4 is 5.32 Å². The zero-order chi connectivity index (χ0) is 16.5.